The Morgan fingerprint density at radius 3 is 2.57 bits per heavy atom. The number of morpholine rings is 1. The van der Waals surface area contributed by atoms with Gasteiger partial charge < -0.3 is 4.74 Å². The van der Waals surface area contributed by atoms with E-state index in [0.717, 1.165) is 79.5 Å². The van der Waals surface area contributed by atoms with E-state index in [1.807, 2.05) is 60.7 Å². The number of hydrogen-bond acceptors (Lipinski definition) is 5. The maximum atomic E-state index is 12.4. The SMILES string of the molecule is CS(=O)(=O)N1CCc2c(c(-c3ccc(Cl)c(/C=C/c4ccccc4)c3)nn2CCCN2CCOCC2)C1. The van der Waals surface area contributed by atoms with Crippen molar-refractivity contribution >= 4 is 33.8 Å². The topological polar surface area (TPSA) is 67.7 Å². The summed E-state index contributed by atoms with van der Waals surface area (Å²) < 4.78 is 33.8. The molecule has 3 aromatic rings. The van der Waals surface area contributed by atoms with Gasteiger partial charge in [0.25, 0.3) is 0 Å². The monoisotopic (exact) mass is 540 g/mol. The molecule has 0 bridgehead atoms. The van der Waals surface area contributed by atoms with Gasteiger partial charge in [0.1, 0.15) is 0 Å². The third-order valence-corrected chi connectivity index (χ3v) is 8.63. The van der Waals surface area contributed by atoms with E-state index in [9.17, 15) is 8.42 Å². The van der Waals surface area contributed by atoms with Gasteiger partial charge >= 0.3 is 0 Å². The molecule has 1 saturated heterocycles. The minimum Gasteiger partial charge on any atom is -0.379 e. The van der Waals surface area contributed by atoms with E-state index >= 15 is 0 Å². The molecule has 9 heteroatoms. The van der Waals surface area contributed by atoms with Crippen LogP contribution in [0.1, 0.15) is 28.8 Å². The third kappa shape index (κ3) is 6.33. The van der Waals surface area contributed by atoms with Crippen LogP contribution < -0.4 is 0 Å². The van der Waals surface area contributed by atoms with E-state index in [2.05, 4.69) is 9.58 Å². The number of rotatable bonds is 8. The predicted octanol–water partition coefficient (Wildman–Crippen LogP) is 4.41. The Hall–Kier alpha value is -2.49. The van der Waals surface area contributed by atoms with Crippen LogP contribution in [0.3, 0.4) is 0 Å². The fraction of sp³-hybridized carbons (Fsp3) is 0.393. The lowest BCUT2D eigenvalue weighted by molar-refractivity contribution is 0.0368. The standard InChI is InChI=1S/C28H33ClN4O3S/c1-37(34,35)32-15-12-27-25(21-32)28(30-33(27)14-5-13-31-16-18-36-19-17-31)24-10-11-26(29)23(20-24)9-8-22-6-3-2-4-7-22/h2-4,6-11,20H,5,12-19,21H2,1H3/b9-8+. The van der Waals surface area contributed by atoms with Crippen LogP contribution in [0.25, 0.3) is 23.4 Å². The lowest BCUT2D eigenvalue weighted by Crippen LogP contribution is -2.37. The molecule has 0 saturated carbocycles. The summed E-state index contributed by atoms with van der Waals surface area (Å²) in [5.41, 5.74) is 5.89. The van der Waals surface area contributed by atoms with Crippen LogP contribution in [0.5, 0.6) is 0 Å². The van der Waals surface area contributed by atoms with Crippen LogP contribution in [0.4, 0.5) is 0 Å². The van der Waals surface area contributed by atoms with E-state index in [1.165, 1.54) is 6.26 Å². The average molecular weight is 541 g/mol. The normalized spacial score (nSPS) is 17.4. The molecule has 196 valence electrons. The van der Waals surface area contributed by atoms with Crippen molar-refractivity contribution in [3.63, 3.8) is 0 Å². The Morgan fingerprint density at radius 2 is 1.81 bits per heavy atom. The summed E-state index contributed by atoms with van der Waals surface area (Å²) in [6.07, 6.45) is 6.96. The van der Waals surface area contributed by atoms with Crippen molar-refractivity contribution in [3.8, 4) is 11.3 Å². The molecule has 1 fully saturated rings. The van der Waals surface area contributed by atoms with E-state index in [4.69, 9.17) is 21.4 Å². The van der Waals surface area contributed by atoms with Gasteiger partial charge in [0.05, 0.1) is 25.2 Å². The van der Waals surface area contributed by atoms with Crippen LogP contribution in [0, 0.1) is 0 Å². The van der Waals surface area contributed by atoms with Crippen molar-refractivity contribution in [1.29, 1.82) is 0 Å². The van der Waals surface area contributed by atoms with Crippen molar-refractivity contribution in [1.82, 2.24) is 19.0 Å². The molecule has 7 nitrogen and oxygen atoms in total. The zero-order valence-electron chi connectivity index (χ0n) is 21.1. The molecule has 2 aliphatic heterocycles. The lowest BCUT2D eigenvalue weighted by Gasteiger charge is -2.27. The summed E-state index contributed by atoms with van der Waals surface area (Å²) >= 11 is 6.55. The summed E-state index contributed by atoms with van der Waals surface area (Å²) in [4.78, 5) is 2.43. The second-order valence-corrected chi connectivity index (χ2v) is 12.0. The first-order chi connectivity index (χ1) is 17.9. The zero-order chi connectivity index (χ0) is 25.8. The van der Waals surface area contributed by atoms with Gasteiger partial charge in [-0.1, -0.05) is 60.2 Å². The van der Waals surface area contributed by atoms with Gasteiger partial charge in [0, 0.05) is 67.5 Å². The smallest absolute Gasteiger partial charge is 0.211 e. The molecular weight excluding hydrogens is 508 g/mol. The summed E-state index contributed by atoms with van der Waals surface area (Å²) in [6.45, 7) is 6.13. The molecule has 3 heterocycles. The number of fused-ring (bicyclic) bond motifs is 1. The second kappa shape index (κ2) is 11.5. The van der Waals surface area contributed by atoms with Crippen LogP contribution in [-0.2, 0) is 34.3 Å². The summed E-state index contributed by atoms with van der Waals surface area (Å²) in [6, 6.07) is 16.0. The molecular formula is C28H33ClN4O3S. The fourth-order valence-corrected chi connectivity index (χ4v) is 5.97. The first-order valence-electron chi connectivity index (χ1n) is 12.8. The number of ether oxygens (including phenoxy) is 1. The highest BCUT2D eigenvalue weighted by molar-refractivity contribution is 7.88. The molecule has 0 radical (unpaired) electrons. The van der Waals surface area contributed by atoms with E-state index in [-0.39, 0.29) is 0 Å². The molecule has 2 aromatic carbocycles. The Balaban J connectivity index is 1.44. The summed E-state index contributed by atoms with van der Waals surface area (Å²) in [7, 11) is -3.30. The largest absolute Gasteiger partial charge is 0.379 e. The third-order valence-electron chi connectivity index (χ3n) is 7.04. The number of benzene rings is 2. The highest BCUT2D eigenvalue weighted by Gasteiger charge is 2.29. The van der Waals surface area contributed by atoms with Crippen LogP contribution >= 0.6 is 11.6 Å². The predicted molar refractivity (Wildman–Crippen MR) is 149 cm³/mol. The molecule has 37 heavy (non-hydrogen) atoms. The molecule has 1 aromatic heterocycles. The molecule has 0 atom stereocenters. The van der Waals surface area contributed by atoms with Gasteiger partial charge in [-0.2, -0.15) is 9.40 Å². The Bertz CT molecular complexity index is 1370. The molecule has 0 amide bonds. The lowest BCUT2D eigenvalue weighted by atomic mass is 10.00. The summed E-state index contributed by atoms with van der Waals surface area (Å²) in [5, 5.41) is 5.69. The minimum absolute atomic E-state index is 0.338. The van der Waals surface area contributed by atoms with E-state index in [1.54, 1.807) is 4.31 Å². The van der Waals surface area contributed by atoms with E-state index < -0.39 is 10.0 Å². The van der Waals surface area contributed by atoms with Crippen molar-refractivity contribution in [3.05, 3.63) is 75.9 Å². The van der Waals surface area contributed by atoms with Crippen molar-refractivity contribution in [2.45, 2.75) is 25.9 Å². The molecule has 5 rings (SSSR count). The number of sulfonamides is 1. The number of hydrogen-bond donors (Lipinski definition) is 0. The van der Waals surface area contributed by atoms with Crippen molar-refractivity contribution in [2.75, 3.05) is 45.6 Å². The quantitative estimate of drug-likeness (QED) is 0.396. The number of aromatic nitrogens is 2. The van der Waals surface area contributed by atoms with Gasteiger partial charge in [-0.15, -0.1) is 0 Å². The first-order valence-corrected chi connectivity index (χ1v) is 15.0. The van der Waals surface area contributed by atoms with Gasteiger partial charge in [-0.3, -0.25) is 9.58 Å². The van der Waals surface area contributed by atoms with E-state index in [0.29, 0.717) is 24.5 Å². The van der Waals surface area contributed by atoms with Gasteiger partial charge in [-0.25, -0.2) is 8.42 Å². The van der Waals surface area contributed by atoms with Gasteiger partial charge in [0.15, 0.2) is 0 Å². The first kappa shape index (κ1) is 26.1. The molecule has 0 N–H and O–H groups in total. The van der Waals surface area contributed by atoms with Crippen LogP contribution in [0.2, 0.25) is 5.02 Å². The fourth-order valence-electron chi connectivity index (χ4n) is 5.00. The minimum atomic E-state index is -3.30. The molecule has 0 spiro atoms. The maximum absolute atomic E-state index is 12.4. The number of aryl methyl sites for hydroxylation is 1. The average Bonchev–Trinajstić information content (AvgIpc) is 3.27. The number of halogens is 1. The van der Waals surface area contributed by atoms with Crippen molar-refractivity contribution in [2.24, 2.45) is 0 Å². The highest BCUT2D eigenvalue weighted by atomic mass is 35.5. The van der Waals surface area contributed by atoms with Crippen LogP contribution in [0.15, 0.2) is 48.5 Å². The van der Waals surface area contributed by atoms with Crippen LogP contribution in [-0.4, -0.2) is 73.1 Å². The highest BCUT2D eigenvalue weighted by Crippen LogP contribution is 2.33. The molecule has 2 aliphatic rings. The molecule has 0 unspecified atom stereocenters. The summed E-state index contributed by atoms with van der Waals surface area (Å²) in [5.74, 6) is 0. The maximum Gasteiger partial charge on any atom is 0.211 e. The van der Waals surface area contributed by atoms with Crippen molar-refractivity contribution < 1.29 is 13.2 Å². The number of nitrogens with zero attached hydrogens (tertiary/aromatic N) is 4. The Kier molecular flexibility index (Phi) is 8.12. The Labute approximate surface area is 224 Å². The Morgan fingerprint density at radius 1 is 1.03 bits per heavy atom. The van der Waals surface area contributed by atoms with Gasteiger partial charge in [-0.05, 0) is 29.7 Å². The second-order valence-electron chi connectivity index (χ2n) is 9.63. The van der Waals surface area contributed by atoms with Gasteiger partial charge in [0.2, 0.25) is 10.0 Å². The zero-order valence-corrected chi connectivity index (χ0v) is 22.7. The molecule has 0 aliphatic carbocycles.